The number of halogens is 2. The number of rotatable bonds is 6. The second kappa shape index (κ2) is 8.96. The number of fused-ring (bicyclic) bond motifs is 3. The first-order valence-electron chi connectivity index (χ1n) is 10.3. The van der Waals surface area contributed by atoms with Crippen molar-refractivity contribution >= 4 is 49.3 Å². The van der Waals surface area contributed by atoms with Crippen LogP contribution in [0.5, 0.6) is 11.5 Å². The molecule has 0 aliphatic carbocycles. The number of aromatic nitrogens is 2. The third kappa shape index (κ3) is 4.24. The van der Waals surface area contributed by atoms with E-state index in [-0.39, 0.29) is 18.0 Å². The number of benzene rings is 3. The average molecular weight is 525 g/mol. The average Bonchev–Trinajstić information content (AvgIpc) is 3.29. The fourth-order valence-corrected chi connectivity index (χ4v) is 5.18. The Hall–Kier alpha value is -3.23. The summed E-state index contributed by atoms with van der Waals surface area (Å²) >= 11 is 4.90. The summed E-state index contributed by atoms with van der Waals surface area (Å²) in [5.74, 6) is 0.745. The van der Waals surface area contributed by atoms with Gasteiger partial charge in [-0.05, 0) is 76.5 Å². The topological polar surface area (TPSA) is 52.8 Å². The van der Waals surface area contributed by atoms with E-state index in [1.54, 1.807) is 16.5 Å². The van der Waals surface area contributed by atoms with Crippen LogP contribution in [-0.4, -0.2) is 16.0 Å². The molecule has 2 aromatic heterocycles. The van der Waals surface area contributed by atoms with Gasteiger partial charge in [-0.25, -0.2) is 13.8 Å². The van der Waals surface area contributed by atoms with E-state index in [0.29, 0.717) is 37.6 Å². The molecule has 0 saturated heterocycles. The van der Waals surface area contributed by atoms with Crippen LogP contribution in [0.3, 0.4) is 0 Å². The lowest BCUT2D eigenvalue weighted by Crippen LogP contribution is -2.22. The number of thiazole rings is 1. The molecule has 0 saturated carbocycles. The van der Waals surface area contributed by atoms with Crippen molar-refractivity contribution in [1.29, 1.82) is 0 Å². The molecule has 166 valence electrons. The van der Waals surface area contributed by atoms with E-state index >= 15 is 0 Å². The maximum Gasteiger partial charge on any atom is 0.274 e. The van der Waals surface area contributed by atoms with E-state index in [4.69, 9.17) is 9.47 Å². The first-order chi connectivity index (χ1) is 16.0. The van der Waals surface area contributed by atoms with Gasteiger partial charge in [-0.3, -0.25) is 4.79 Å². The second-order valence-electron chi connectivity index (χ2n) is 7.32. The van der Waals surface area contributed by atoms with Crippen molar-refractivity contribution in [2.75, 3.05) is 6.61 Å². The standard InChI is InChI=1S/C25H18BrFN2O3S/c1-2-31-21-12-16(11-18(26)23(21)32-14-15-6-5-7-17(27)10-15)13-22-24(30)29-20-9-4-3-8-19(20)28-25(29)33-22/h3-13H,2,14H2,1H3/b22-13-. The van der Waals surface area contributed by atoms with Crippen molar-refractivity contribution in [3.8, 4) is 11.5 Å². The van der Waals surface area contributed by atoms with E-state index in [1.807, 2.05) is 49.4 Å². The van der Waals surface area contributed by atoms with Crippen LogP contribution in [-0.2, 0) is 6.61 Å². The largest absolute Gasteiger partial charge is 0.490 e. The predicted octanol–water partition coefficient (Wildman–Crippen LogP) is 5.34. The van der Waals surface area contributed by atoms with Gasteiger partial charge >= 0.3 is 0 Å². The van der Waals surface area contributed by atoms with Crippen LogP contribution in [0.25, 0.3) is 22.1 Å². The monoisotopic (exact) mass is 524 g/mol. The Kier molecular flexibility index (Phi) is 5.86. The van der Waals surface area contributed by atoms with Gasteiger partial charge in [0.2, 0.25) is 0 Å². The van der Waals surface area contributed by atoms with Gasteiger partial charge in [0, 0.05) is 0 Å². The number of para-hydroxylation sites is 2. The summed E-state index contributed by atoms with van der Waals surface area (Å²) in [6, 6.07) is 17.5. The summed E-state index contributed by atoms with van der Waals surface area (Å²) < 4.78 is 28.1. The van der Waals surface area contributed by atoms with Crippen LogP contribution < -0.4 is 19.6 Å². The molecule has 8 heteroatoms. The van der Waals surface area contributed by atoms with Crippen molar-refractivity contribution in [3.63, 3.8) is 0 Å². The Bertz CT molecular complexity index is 1600. The van der Waals surface area contributed by atoms with Gasteiger partial charge in [-0.2, -0.15) is 0 Å². The van der Waals surface area contributed by atoms with Crippen LogP contribution in [0, 0.1) is 5.82 Å². The molecule has 2 heterocycles. The molecule has 33 heavy (non-hydrogen) atoms. The second-order valence-corrected chi connectivity index (χ2v) is 9.18. The molecule has 0 bridgehead atoms. The Morgan fingerprint density at radius 1 is 1.12 bits per heavy atom. The molecule has 5 aromatic rings. The summed E-state index contributed by atoms with van der Waals surface area (Å²) in [5, 5.41) is 0. The van der Waals surface area contributed by atoms with Crippen LogP contribution >= 0.6 is 27.3 Å². The van der Waals surface area contributed by atoms with Crippen LogP contribution in [0.15, 0.2) is 69.9 Å². The first-order valence-corrected chi connectivity index (χ1v) is 11.9. The molecule has 0 unspecified atom stereocenters. The van der Waals surface area contributed by atoms with Crippen molar-refractivity contribution in [3.05, 3.63) is 97.0 Å². The maximum atomic E-state index is 13.5. The van der Waals surface area contributed by atoms with Gasteiger partial charge in [-0.15, -0.1) is 0 Å². The highest BCUT2D eigenvalue weighted by molar-refractivity contribution is 9.10. The van der Waals surface area contributed by atoms with E-state index < -0.39 is 0 Å². The van der Waals surface area contributed by atoms with Gasteiger partial charge in [-0.1, -0.05) is 35.6 Å². The summed E-state index contributed by atoms with van der Waals surface area (Å²) in [4.78, 5) is 18.3. The fraction of sp³-hybridized carbons (Fsp3) is 0.120. The highest BCUT2D eigenvalue weighted by Gasteiger charge is 2.14. The highest BCUT2D eigenvalue weighted by atomic mass is 79.9. The first kappa shape index (κ1) is 21.6. The number of hydrogen-bond acceptors (Lipinski definition) is 5. The number of imidazole rings is 1. The van der Waals surface area contributed by atoms with Gasteiger partial charge in [0.05, 0.1) is 26.6 Å². The lowest BCUT2D eigenvalue weighted by Gasteiger charge is -2.15. The molecule has 0 aliphatic heterocycles. The number of nitrogens with zero attached hydrogens (tertiary/aromatic N) is 2. The summed E-state index contributed by atoms with van der Waals surface area (Å²) in [6.45, 7) is 2.52. The molecule has 0 radical (unpaired) electrons. The van der Waals surface area contributed by atoms with Crippen LogP contribution in [0.1, 0.15) is 18.1 Å². The Balaban J connectivity index is 1.53. The molecule has 0 spiro atoms. The summed E-state index contributed by atoms with van der Waals surface area (Å²) in [5.41, 5.74) is 2.99. The minimum absolute atomic E-state index is 0.107. The molecule has 0 amide bonds. The van der Waals surface area contributed by atoms with Crippen molar-refractivity contribution in [2.24, 2.45) is 0 Å². The van der Waals surface area contributed by atoms with E-state index in [2.05, 4.69) is 20.9 Å². The third-order valence-corrected chi connectivity index (χ3v) is 6.60. The minimum atomic E-state index is -0.311. The van der Waals surface area contributed by atoms with E-state index in [1.165, 1.54) is 23.5 Å². The fourth-order valence-electron chi connectivity index (χ4n) is 3.62. The van der Waals surface area contributed by atoms with Crippen molar-refractivity contribution < 1.29 is 13.9 Å². The molecule has 0 fully saturated rings. The highest BCUT2D eigenvalue weighted by Crippen LogP contribution is 2.37. The minimum Gasteiger partial charge on any atom is -0.490 e. The zero-order valence-corrected chi connectivity index (χ0v) is 20.0. The maximum absolute atomic E-state index is 13.5. The van der Waals surface area contributed by atoms with Gasteiger partial charge < -0.3 is 9.47 Å². The predicted molar refractivity (Wildman–Crippen MR) is 132 cm³/mol. The normalized spacial score (nSPS) is 12.0. The third-order valence-electron chi connectivity index (χ3n) is 5.05. The molecule has 0 N–H and O–H groups in total. The zero-order chi connectivity index (χ0) is 22.9. The number of ether oxygens (including phenoxy) is 2. The Morgan fingerprint density at radius 2 is 1.97 bits per heavy atom. The molecule has 0 atom stereocenters. The molecule has 0 aliphatic rings. The summed E-state index contributed by atoms with van der Waals surface area (Å²) in [7, 11) is 0. The molecule has 3 aromatic carbocycles. The molecular formula is C25H18BrFN2O3S. The van der Waals surface area contributed by atoms with Gasteiger partial charge in [0.25, 0.3) is 5.56 Å². The molecule has 5 rings (SSSR count). The van der Waals surface area contributed by atoms with Crippen LogP contribution in [0.4, 0.5) is 4.39 Å². The lowest BCUT2D eigenvalue weighted by molar-refractivity contribution is 0.267. The smallest absolute Gasteiger partial charge is 0.274 e. The molecule has 5 nitrogen and oxygen atoms in total. The lowest BCUT2D eigenvalue weighted by atomic mass is 10.2. The molecular weight excluding hydrogens is 507 g/mol. The quantitative estimate of drug-likeness (QED) is 0.301. The van der Waals surface area contributed by atoms with E-state index in [0.717, 1.165) is 16.6 Å². The zero-order valence-electron chi connectivity index (χ0n) is 17.5. The van der Waals surface area contributed by atoms with Crippen molar-refractivity contribution in [1.82, 2.24) is 9.38 Å². The van der Waals surface area contributed by atoms with Crippen LogP contribution in [0.2, 0.25) is 0 Å². The number of hydrogen-bond donors (Lipinski definition) is 0. The van der Waals surface area contributed by atoms with Crippen molar-refractivity contribution in [2.45, 2.75) is 13.5 Å². The van der Waals surface area contributed by atoms with Gasteiger partial charge in [0.15, 0.2) is 16.5 Å². The Morgan fingerprint density at radius 3 is 2.79 bits per heavy atom. The summed E-state index contributed by atoms with van der Waals surface area (Å²) in [6.07, 6.45) is 1.82. The van der Waals surface area contributed by atoms with E-state index in [9.17, 15) is 9.18 Å². The Labute approximate surface area is 200 Å². The SMILES string of the molecule is CCOc1cc(/C=c2\sc3nc4ccccc4n3c2=O)cc(Br)c1OCc1cccc(F)c1. The van der Waals surface area contributed by atoms with Gasteiger partial charge in [0.1, 0.15) is 12.4 Å².